The van der Waals surface area contributed by atoms with Crippen molar-refractivity contribution >= 4 is 56.6 Å². The van der Waals surface area contributed by atoms with Gasteiger partial charge in [0.15, 0.2) is 0 Å². The van der Waals surface area contributed by atoms with Crippen LogP contribution in [0.25, 0.3) is 0 Å². The summed E-state index contributed by atoms with van der Waals surface area (Å²) in [4.78, 5) is 8.51. The van der Waals surface area contributed by atoms with E-state index in [0.29, 0.717) is 27.5 Å². The number of aromatic nitrogens is 2. The lowest BCUT2D eigenvalue weighted by Gasteiger charge is -2.11. The minimum Gasteiger partial charge on any atom is -0.357 e. The van der Waals surface area contributed by atoms with Gasteiger partial charge in [-0.3, -0.25) is 0 Å². The topological polar surface area (TPSA) is 49.8 Å². The SMILES string of the molecule is CNc1nc(C)cc(Nc2ccc(Br)c(Cl)c2Cl)n1. The zero-order valence-electron chi connectivity index (χ0n) is 10.3. The van der Waals surface area contributed by atoms with Crippen molar-refractivity contribution < 1.29 is 0 Å². The van der Waals surface area contributed by atoms with Crippen LogP contribution in [0, 0.1) is 6.92 Å². The molecule has 0 aliphatic rings. The van der Waals surface area contributed by atoms with Crippen LogP contribution < -0.4 is 10.6 Å². The highest BCUT2D eigenvalue weighted by atomic mass is 79.9. The molecule has 0 spiro atoms. The molecule has 100 valence electrons. The van der Waals surface area contributed by atoms with E-state index in [2.05, 4.69) is 36.5 Å². The number of rotatable bonds is 3. The van der Waals surface area contributed by atoms with Gasteiger partial charge < -0.3 is 10.6 Å². The van der Waals surface area contributed by atoms with E-state index in [1.165, 1.54) is 0 Å². The maximum Gasteiger partial charge on any atom is 0.224 e. The minimum absolute atomic E-state index is 0.443. The summed E-state index contributed by atoms with van der Waals surface area (Å²) in [7, 11) is 1.77. The van der Waals surface area contributed by atoms with Crippen LogP contribution in [0.3, 0.4) is 0 Å². The number of benzene rings is 1. The largest absolute Gasteiger partial charge is 0.357 e. The lowest BCUT2D eigenvalue weighted by Crippen LogP contribution is -2.02. The van der Waals surface area contributed by atoms with Crippen molar-refractivity contribution in [2.75, 3.05) is 17.7 Å². The Balaban J connectivity index is 2.36. The second-order valence-electron chi connectivity index (χ2n) is 3.82. The van der Waals surface area contributed by atoms with E-state index < -0.39 is 0 Å². The molecule has 2 aromatic rings. The van der Waals surface area contributed by atoms with Gasteiger partial charge in [0, 0.05) is 23.3 Å². The monoisotopic (exact) mass is 360 g/mol. The van der Waals surface area contributed by atoms with Crippen LogP contribution in [0.15, 0.2) is 22.7 Å². The number of nitrogens with zero attached hydrogens (tertiary/aromatic N) is 2. The molecule has 1 heterocycles. The Morgan fingerprint density at radius 1 is 1.16 bits per heavy atom. The van der Waals surface area contributed by atoms with Gasteiger partial charge in [-0.1, -0.05) is 23.2 Å². The molecule has 0 saturated carbocycles. The molecule has 0 atom stereocenters. The number of anilines is 3. The lowest BCUT2D eigenvalue weighted by molar-refractivity contribution is 1.10. The van der Waals surface area contributed by atoms with E-state index in [1.54, 1.807) is 7.05 Å². The number of nitrogens with one attached hydrogen (secondary N) is 2. The molecule has 0 fully saturated rings. The first-order valence-electron chi connectivity index (χ1n) is 5.45. The molecule has 1 aromatic heterocycles. The normalized spacial score (nSPS) is 10.4. The predicted molar refractivity (Wildman–Crippen MR) is 83.8 cm³/mol. The summed E-state index contributed by atoms with van der Waals surface area (Å²) < 4.78 is 0.750. The molecule has 0 aliphatic carbocycles. The van der Waals surface area contributed by atoms with Crippen molar-refractivity contribution in [2.24, 2.45) is 0 Å². The molecule has 19 heavy (non-hydrogen) atoms. The van der Waals surface area contributed by atoms with Crippen LogP contribution in [-0.4, -0.2) is 17.0 Å². The smallest absolute Gasteiger partial charge is 0.224 e. The van der Waals surface area contributed by atoms with Gasteiger partial charge in [-0.2, -0.15) is 4.98 Å². The summed E-state index contributed by atoms with van der Waals surface area (Å²) >= 11 is 15.6. The van der Waals surface area contributed by atoms with Gasteiger partial charge in [0.1, 0.15) is 5.82 Å². The summed E-state index contributed by atoms with van der Waals surface area (Å²) in [6.45, 7) is 1.89. The zero-order valence-corrected chi connectivity index (χ0v) is 13.4. The fraction of sp³-hybridized carbons (Fsp3) is 0.167. The minimum atomic E-state index is 0.443. The molecular weight excluding hydrogens is 351 g/mol. The standard InChI is InChI=1S/C12H11BrCl2N4/c1-6-5-9(19-12(16-2)17-6)18-8-4-3-7(13)10(14)11(8)15/h3-5H,1-2H3,(H2,16,17,18,19). The first kappa shape index (κ1) is 14.4. The Bertz CT molecular complexity index is 619. The quantitative estimate of drug-likeness (QED) is 0.782. The molecule has 2 N–H and O–H groups in total. The van der Waals surface area contributed by atoms with E-state index in [4.69, 9.17) is 23.2 Å². The van der Waals surface area contributed by atoms with Crippen LogP contribution >= 0.6 is 39.1 Å². The highest BCUT2D eigenvalue weighted by Gasteiger charge is 2.09. The van der Waals surface area contributed by atoms with E-state index >= 15 is 0 Å². The van der Waals surface area contributed by atoms with Gasteiger partial charge in [-0.05, 0) is 35.0 Å². The number of aryl methyl sites for hydroxylation is 1. The molecule has 0 unspecified atom stereocenters. The fourth-order valence-corrected chi connectivity index (χ4v) is 2.33. The van der Waals surface area contributed by atoms with E-state index in [0.717, 1.165) is 10.2 Å². The Labute approximate surface area is 129 Å². The van der Waals surface area contributed by atoms with Crippen molar-refractivity contribution in [3.8, 4) is 0 Å². The number of hydrogen-bond acceptors (Lipinski definition) is 4. The van der Waals surface area contributed by atoms with Crippen molar-refractivity contribution in [3.05, 3.63) is 38.4 Å². The molecule has 0 saturated heterocycles. The molecule has 0 aliphatic heterocycles. The lowest BCUT2D eigenvalue weighted by atomic mass is 10.3. The molecule has 0 radical (unpaired) electrons. The molecule has 7 heteroatoms. The highest BCUT2D eigenvalue weighted by molar-refractivity contribution is 9.10. The first-order chi connectivity index (χ1) is 9.01. The second-order valence-corrected chi connectivity index (χ2v) is 5.43. The van der Waals surface area contributed by atoms with Crippen molar-refractivity contribution in [1.29, 1.82) is 0 Å². The Hall–Kier alpha value is -1.04. The molecule has 2 rings (SSSR count). The number of hydrogen-bond donors (Lipinski definition) is 2. The Morgan fingerprint density at radius 3 is 2.58 bits per heavy atom. The molecular formula is C12H11BrCl2N4. The highest BCUT2D eigenvalue weighted by Crippen LogP contribution is 2.36. The molecule has 0 bridgehead atoms. The maximum absolute atomic E-state index is 6.18. The van der Waals surface area contributed by atoms with Gasteiger partial charge in [0.25, 0.3) is 0 Å². The van der Waals surface area contributed by atoms with E-state index in [-0.39, 0.29) is 0 Å². The summed E-state index contributed by atoms with van der Waals surface area (Å²) in [5.41, 5.74) is 1.54. The van der Waals surface area contributed by atoms with Crippen molar-refractivity contribution in [1.82, 2.24) is 9.97 Å². The van der Waals surface area contributed by atoms with Crippen LogP contribution in [-0.2, 0) is 0 Å². The van der Waals surface area contributed by atoms with Crippen LogP contribution in [0.5, 0.6) is 0 Å². The number of halogens is 3. The van der Waals surface area contributed by atoms with Crippen molar-refractivity contribution in [2.45, 2.75) is 6.92 Å². The van der Waals surface area contributed by atoms with Gasteiger partial charge >= 0.3 is 0 Å². The van der Waals surface area contributed by atoms with Crippen LogP contribution in [0.4, 0.5) is 17.5 Å². The van der Waals surface area contributed by atoms with Gasteiger partial charge in [-0.15, -0.1) is 0 Å². The molecule has 1 aromatic carbocycles. The zero-order chi connectivity index (χ0) is 14.0. The van der Waals surface area contributed by atoms with Gasteiger partial charge in [0.2, 0.25) is 5.95 Å². The van der Waals surface area contributed by atoms with Crippen molar-refractivity contribution in [3.63, 3.8) is 0 Å². The first-order valence-corrected chi connectivity index (χ1v) is 7.00. The Kier molecular flexibility index (Phi) is 4.50. The van der Waals surface area contributed by atoms with Crippen LogP contribution in [0.2, 0.25) is 10.0 Å². The maximum atomic E-state index is 6.18. The Morgan fingerprint density at radius 2 is 1.89 bits per heavy atom. The summed E-state index contributed by atoms with van der Waals surface area (Å²) in [6.07, 6.45) is 0. The fourth-order valence-electron chi connectivity index (χ4n) is 1.50. The van der Waals surface area contributed by atoms with E-state index in [1.807, 2.05) is 25.1 Å². The summed E-state index contributed by atoms with van der Waals surface area (Å²) in [5.74, 6) is 1.19. The third kappa shape index (κ3) is 3.29. The second kappa shape index (κ2) is 5.94. The average Bonchev–Trinajstić information content (AvgIpc) is 2.39. The summed E-state index contributed by atoms with van der Waals surface area (Å²) in [6, 6.07) is 5.48. The predicted octanol–water partition coefficient (Wildman–Crippen LogP) is 4.64. The molecule has 0 amide bonds. The average molecular weight is 362 g/mol. The third-order valence-corrected chi connectivity index (χ3v) is 4.15. The van der Waals surface area contributed by atoms with Gasteiger partial charge in [0.05, 0.1) is 15.7 Å². The third-order valence-electron chi connectivity index (χ3n) is 2.38. The van der Waals surface area contributed by atoms with E-state index in [9.17, 15) is 0 Å². The summed E-state index contributed by atoms with van der Waals surface area (Å²) in [5, 5.41) is 6.93. The van der Waals surface area contributed by atoms with Crippen LogP contribution in [0.1, 0.15) is 5.69 Å². The van der Waals surface area contributed by atoms with Gasteiger partial charge in [-0.25, -0.2) is 4.98 Å². The molecule has 4 nitrogen and oxygen atoms in total.